The van der Waals surface area contributed by atoms with Crippen molar-refractivity contribution in [3.05, 3.63) is 96.2 Å². The number of carboxylic acid groups (broad SMARTS) is 1. The summed E-state index contributed by atoms with van der Waals surface area (Å²) in [4.78, 5) is 25.0. The summed E-state index contributed by atoms with van der Waals surface area (Å²) in [6, 6.07) is 26.4. The van der Waals surface area contributed by atoms with E-state index >= 15 is 0 Å². The van der Waals surface area contributed by atoms with E-state index in [1.807, 2.05) is 72.8 Å². The van der Waals surface area contributed by atoms with Crippen LogP contribution >= 0.6 is 0 Å². The van der Waals surface area contributed by atoms with Crippen LogP contribution in [0.15, 0.2) is 84.9 Å². The Balaban J connectivity index is 1.88. The van der Waals surface area contributed by atoms with Crippen molar-refractivity contribution >= 4 is 30.1 Å². The van der Waals surface area contributed by atoms with Gasteiger partial charge in [-0.1, -0.05) is 99.5 Å². The molecule has 7 nitrogen and oxygen atoms in total. The summed E-state index contributed by atoms with van der Waals surface area (Å²) in [5.41, 5.74) is 6.12. The van der Waals surface area contributed by atoms with Gasteiger partial charge in [0, 0.05) is 29.9 Å². The maximum atomic E-state index is 14.1. The van der Waals surface area contributed by atoms with Crippen molar-refractivity contribution in [3.63, 3.8) is 0 Å². The number of carbonyl (C=O) groups excluding carboxylic acids is 1. The molecular formula is C33H37BN2O5. The van der Waals surface area contributed by atoms with Crippen molar-refractivity contribution in [2.24, 2.45) is 0 Å². The Morgan fingerprint density at radius 3 is 2.00 bits per heavy atom. The molecule has 0 aliphatic heterocycles. The first kappa shape index (κ1) is 29.8. The molecule has 0 saturated carbocycles. The van der Waals surface area contributed by atoms with Gasteiger partial charge in [-0.3, -0.25) is 9.59 Å². The van der Waals surface area contributed by atoms with Gasteiger partial charge in [-0.25, -0.2) is 0 Å². The number of para-hydroxylation sites is 1. The Morgan fingerprint density at radius 2 is 1.41 bits per heavy atom. The van der Waals surface area contributed by atoms with Crippen LogP contribution in [-0.4, -0.2) is 38.7 Å². The number of nitrogens with one attached hydrogen (secondary N) is 1. The zero-order valence-corrected chi connectivity index (χ0v) is 23.6. The van der Waals surface area contributed by atoms with E-state index in [0.29, 0.717) is 29.7 Å². The first-order valence-corrected chi connectivity index (χ1v) is 14.1. The fourth-order valence-electron chi connectivity index (χ4n) is 5.31. The molecule has 0 bridgehead atoms. The normalized spacial score (nSPS) is 11.0. The minimum absolute atomic E-state index is 0.0216. The largest absolute Gasteiger partial charge is 0.488 e. The Morgan fingerprint density at radius 1 is 0.805 bits per heavy atom. The predicted octanol–water partition coefficient (Wildman–Crippen LogP) is 5.91. The second-order valence-corrected chi connectivity index (χ2v) is 10.5. The number of hydrogen-bond acceptors (Lipinski definition) is 4. The molecule has 0 spiro atoms. The SMILES string of the molecule is CC(C)c1c(C(=O)Nc2ccccc2)c(-c2ccccc2)c(-c2ccc(B(O)O)cc2)n1CCCCCCC(=O)O. The predicted molar refractivity (Wildman–Crippen MR) is 164 cm³/mol. The molecule has 0 unspecified atom stereocenters. The lowest BCUT2D eigenvalue weighted by atomic mass is 9.80. The summed E-state index contributed by atoms with van der Waals surface area (Å²) in [6.45, 7) is 4.82. The number of benzene rings is 3. The second-order valence-electron chi connectivity index (χ2n) is 10.5. The number of unbranched alkanes of at least 4 members (excludes halogenated alkanes) is 3. The highest BCUT2D eigenvalue weighted by Crippen LogP contribution is 2.42. The standard InChI is InChI=1S/C33H37BN2O5/c1-23(2)31-30(33(39)35-27-15-9-6-10-16-27)29(24-13-7-5-8-14-24)32(25-18-20-26(21-19-25)34(40)41)36(31)22-12-4-3-11-17-28(37)38/h5-10,13-16,18-21,23,40-41H,3-4,11-12,17,22H2,1-2H3,(H,35,39)(H,37,38). The van der Waals surface area contributed by atoms with Gasteiger partial charge in [-0.2, -0.15) is 0 Å². The number of carboxylic acids is 1. The fraction of sp³-hybridized carbons (Fsp3) is 0.273. The lowest BCUT2D eigenvalue weighted by molar-refractivity contribution is -0.137. The Labute approximate surface area is 241 Å². The molecular weight excluding hydrogens is 515 g/mol. The van der Waals surface area contributed by atoms with Gasteiger partial charge < -0.3 is 25.0 Å². The Bertz CT molecular complexity index is 1450. The number of hydrogen-bond donors (Lipinski definition) is 4. The quantitative estimate of drug-likeness (QED) is 0.122. The topological polar surface area (TPSA) is 112 Å². The summed E-state index contributed by atoms with van der Waals surface area (Å²) in [7, 11) is -1.58. The molecule has 4 aromatic rings. The lowest BCUT2D eigenvalue weighted by Gasteiger charge is -2.17. The van der Waals surface area contributed by atoms with Crippen molar-refractivity contribution in [2.45, 2.75) is 58.4 Å². The van der Waals surface area contributed by atoms with E-state index in [1.54, 1.807) is 12.1 Å². The summed E-state index contributed by atoms with van der Waals surface area (Å²) in [6.07, 6.45) is 3.30. The molecule has 1 aromatic heterocycles. The molecule has 0 atom stereocenters. The molecule has 4 rings (SSSR count). The third-order valence-electron chi connectivity index (χ3n) is 7.18. The average Bonchev–Trinajstić information content (AvgIpc) is 3.31. The monoisotopic (exact) mass is 552 g/mol. The Kier molecular flexibility index (Phi) is 10.2. The van der Waals surface area contributed by atoms with E-state index < -0.39 is 13.1 Å². The van der Waals surface area contributed by atoms with E-state index in [-0.39, 0.29) is 18.2 Å². The molecule has 1 amide bonds. The van der Waals surface area contributed by atoms with Crippen LogP contribution in [-0.2, 0) is 11.3 Å². The summed E-state index contributed by atoms with van der Waals surface area (Å²) >= 11 is 0. The van der Waals surface area contributed by atoms with Crippen molar-refractivity contribution in [1.29, 1.82) is 0 Å². The average molecular weight is 552 g/mol. The van der Waals surface area contributed by atoms with E-state index in [9.17, 15) is 19.6 Å². The third kappa shape index (κ3) is 7.34. The van der Waals surface area contributed by atoms with Gasteiger partial charge in [-0.05, 0) is 47.5 Å². The highest BCUT2D eigenvalue weighted by molar-refractivity contribution is 6.58. The number of anilines is 1. The second kappa shape index (κ2) is 14.0. The summed E-state index contributed by atoms with van der Waals surface area (Å²) in [5.74, 6) is -0.950. The van der Waals surface area contributed by atoms with Crippen LogP contribution in [0.25, 0.3) is 22.4 Å². The Hall–Kier alpha value is -4.14. The zero-order valence-electron chi connectivity index (χ0n) is 23.6. The third-order valence-corrected chi connectivity index (χ3v) is 7.18. The minimum Gasteiger partial charge on any atom is -0.481 e. The van der Waals surface area contributed by atoms with Crippen molar-refractivity contribution < 1.29 is 24.7 Å². The summed E-state index contributed by atoms with van der Waals surface area (Å²) in [5, 5.41) is 31.5. The van der Waals surface area contributed by atoms with Crippen LogP contribution in [0.4, 0.5) is 5.69 Å². The minimum atomic E-state index is -1.58. The lowest BCUT2D eigenvalue weighted by Crippen LogP contribution is -2.29. The van der Waals surface area contributed by atoms with Gasteiger partial charge in [0.15, 0.2) is 0 Å². The smallest absolute Gasteiger partial charge is 0.481 e. The van der Waals surface area contributed by atoms with Gasteiger partial charge in [-0.15, -0.1) is 0 Å². The molecule has 0 aliphatic rings. The van der Waals surface area contributed by atoms with Crippen LogP contribution in [0, 0.1) is 0 Å². The van der Waals surface area contributed by atoms with Gasteiger partial charge in [0.1, 0.15) is 0 Å². The number of aromatic nitrogens is 1. The molecule has 4 N–H and O–H groups in total. The van der Waals surface area contributed by atoms with Crippen LogP contribution in [0.3, 0.4) is 0 Å². The maximum absolute atomic E-state index is 14.1. The number of nitrogens with zero attached hydrogens (tertiary/aromatic N) is 1. The molecule has 41 heavy (non-hydrogen) atoms. The molecule has 0 saturated heterocycles. The molecule has 8 heteroatoms. The van der Waals surface area contributed by atoms with E-state index in [4.69, 9.17) is 5.11 Å². The number of amides is 1. The van der Waals surface area contributed by atoms with Crippen LogP contribution < -0.4 is 10.8 Å². The molecule has 212 valence electrons. The van der Waals surface area contributed by atoms with E-state index in [2.05, 4.69) is 23.7 Å². The van der Waals surface area contributed by atoms with Gasteiger partial charge in [0.2, 0.25) is 0 Å². The molecule has 1 heterocycles. The van der Waals surface area contributed by atoms with Gasteiger partial charge >= 0.3 is 13.1 Å². The molecule has 0 aliphatic carbocycles. The van der Waals surface area contributed by atoms with Crippen molar-refractivity contribution in [3.8, 4) is 22.4 Å². The maximum Gasteiger partial charge on any atom is 0.488 e. The van der Waals surface area contributed by atoms with Gasteiger partial charge in [0.25, 0.3) is 5.91 Å². The highest BCUT2D eigenvalue weighted by atomic mass is 16.4. The summed E-state index contributed by atoms with van der Waals surface area (Å²) < 4.78 is 2.23. The molecule has 3 aromatic carbocycles. The van der Waals surface area contributed by atoms with E-state index in [0.717, 1.165) is 47.3 Å². The van der Waals surface area contributed by atoms with Crippen LogP contribution in [0.5, 0.6) is 0 Å². The zero-order chi connectivity index (χ0) is 29.4. The van der Waals surface area contributed by atoms with Crippen molar-refractivity contribution in [2.75, 3.05) is 5.32 Å². The number of rotatable bonds is 13. The fourth-order valence-corrected chi connectivity index (χ4v) is 5.31. The van der Waals surface area contributed by atoms with Crippen molar-refractivity contribution in [1.82, 2.24) is 4.57 Å². The number of carbonyl (C=O) groups is 2. The van der Waals surface area contributed by atoms with Crippen LogP contribution in [0.1, 0.15) is 67.9 Å². The first-order chi connectivity index (χ1) is 19.8. The van der Waals surface area contributed by atoms with Crippen LogP contribution in [0.2, 0.25) is 0 Å². The highest BCUT2D eigenvalue weighted by Gasteiger charge is 2.30. The van der Waals surface area contributed by atoms with Gasteiger partial charge in [0.05, 0.1) is 11.3 Å². The number of aliphatic carboxylic acids is 1. The van der Waals surface area contributed by atoms with E-state index in [1.165, 1.54) is 0 Å². The molecule has 0 radical (unpaired) electrons. The first-order valence-electron chi connectivity index (χ1n) is 14.1. The molecule has 0 fully saturated rings.